The van der Waals surface area contributed by atoms with Crippen LogP contribution >= 0.6 is 0 Å². The summed E-state index contributed by atoms with van der Waals surface area (Å²) in [5.74, 6) is 0. The van der Waals surface area contributed by atoms with Gasteiger partial charge in [0.1, 0.15) is 6.29 Å². The van der Waals surface area contributed by atoms with E-state index in [0.29, 0.717) is 0 Å². The van der Waals surface area contributed by atoms with E-state index in [1.165, 1.54) is 0 Å². The minimum atomic E-state index is -0.266. The van der Waals surface area contributed by atoms with Crippen molar-refractivity contribution in [3.8, 4) is 0 Å². The van der Waals surface area contributed by atoms with Crippen LogP contribution in [0, 0.1) is 0 Å². The minimum absolute atomic E-state index is 0.266. The Morgan fingerprint density at radius 1 is 1.30 bits per heavy atom. The van der Waals surface area contributed by atoms with Crippen LogP contribution in [0.5, 0.6) is 0 Å². The maximum atomic E-state index is 10.0. The molecule has 0 radical (unpaired) electrons. The van der Waals surface area contributed by atoms with Crippen LogP contribution in [0.1, 0.15) is 25.7 Å². The zero-order valence-electron chi connectivity index (χ0n) is 6.25. The molecule has 0 aromatic carbocycles. The summed E-state index contributed by atoms with van der Waals surface area (Å²) in [7, 11) is 0. The van der Waals surface area contributed by atoms with E-state index in [1.54, 1.807) is 0 Å². The standard InChI is InChI=1S/C7H16N2O/c8-5-3-1-2-4-7(9)6-10/h6-7H,1-5,8-9H2/t7-/m0/s1. The van der Waals surface area contributed by atoms with Crippen molar-refractivity contribution < 1.29 is 4.79 Å². The van der Waals surface area contributed by atoms with Gasteiger partial charge in [-0.1, -0.05) is 12.8 Å². The van der Waals surface area contributed by atoms with E-state index >= 15 is 0 Å². The van der Waals surface area contributed by atoms with E-state index < -0.39 is 0 Å². The van der Waals surface area contributed by atoms with Crippen molar-refractivity contribution in [1.29, 1.82) is 0 Å². The minimum Gasteiger partial charge on any atom is -0.330 e. The molecule has 0 saturated carbocycles. The van der Waals surface area contributed by atoms with Gasteiger partial charge in [-0.15, -0.1) is 0 Å². The maximum absolute atomic E-state index is 10.0. The van der Waals surface area contributed by atoms with Gasteiger partial charge in [0.2, 0.25) is 0 Å². The third kappa shape index (κ3) is 5.72. The Labute approximate surface area is 61.8 Å². The second-order valence-electron chi connectivity index (χ2n) is 2.44. The monoisotopic (exact) mass is 144 g/mol. The van der Waals surface area contributed by atoms with Crippen molar-refractivity contribution >= 4 is 6.29 Å². The third-order valence-corrected chi connectivity index (χ3v) is 1.42. The lowest BCUT2D eigenvalue weighted by atomic mass is 10.1. The molecule has 0 amide bonds. The Morgan fingerprint density at radius 3 is 2.50 bits per heavy atom. The molecule has 0 aromatic rings. The third-order valence-electron chi connectivity index (χ3n) is 1.42. The Morgan fingerprint density at radius 2 is 2.00 bits per heavy atom. The number of aldehydes is 1. The summed E-state index contributed by atoms with van der Waals surface area (Å²) in [6.07, 6.45) is 4.71. The molecule has 0 spiro atoms. The molecule has 0 aliphatic carbocycles. The van der Waals surface area contributed by atoms with Crippen LogP contribution in [0.2, 0.25) is 0 Å². The summed E-state index contributed by atoms with van der Waals surface area (Å²) in [6, 6.07) is -0.266. The molecular formula is C7H16N2O. The highest BCUT2D eigenvalue weighted by Gasteiger charge is 1.97. The van der Waals surface area contributed by atoms with Crippen LogP contribution < -0.4 is 11.5 Å². The number of hydrogen-bond donors (Lipinski definition) is 2. The summed E-state index contributed by atoms with van der Waals surface area (Å²) >= 11 is 0. The molecule has 1 atom stereocenters. The molecule has 0 aromatic heterocycles. The summed E-state index contributed by atoms with van der Waals surface area (Å²) < 4.78 is 0. The largest absolute Gasteiger partial charge is 0.330 e. The zero-order valence-corrected chi connectivity index (χ0v) is 6.25. The molecule has 10 heavy (non-hydrogen) atoms. The second kappa shape index (κ2) is 6.71. The number of hydrogen-bond acceptors (Lipinski definition) is 3. The first-order chi connectivity index (χ1) is 4.81. The molecule has 0 unspecified atom stereocenters. The van der Waals surface area contributed by atoms with Gasteiger partial charge < -0.3 is 16.3 Å². The van der Waals surface area contributed by atoms with Gasteiger partial charge in [-0.25, -0.2) is 0 Å². The van der Waals surface area contributed by atoms with Gasteiger partial charge in [0, 0.05) is 0 Å². The van der Waals surface area contributed by atoms with Crippen LogP contribution in [0.15, 0.2) is 0 Å². The number of carbonyl (C=O) groups is 1. The lowest BCUT2D eigenvalue weighted by molar-refractivity contribution is -0.109. The molecule has 3 heteroatoms. The van der Waals surface area contributed by atoms with Gasteiger partial charge in [0.05, 0.1) is 6.04 Å². The topological polar surface area (TPSA) is 69.1 Å². The lowest BCUT2D eigenvalue weighted by Crippen LogP contribution is -2.20. The molecule has 0 fully saturated rings. The molecule has 0 bridgehead atoms. The molecule has 60 valence electrons. The molecule has 0 rings (SSSR count). The van der Waals surface area contributed by atoms with E-state index in [4.69, 9.17) is 11.5 Å². The summed E-state index contributed by atoms with van der Waals surface area (Å²) in [4.78, 5) is 10.0. The SMILES string of the molecule is NCCCCC[C@H](N)C=O. The first kappa shape index (κ1) is 9.59. The molecule has 0 aliphatic heterocycles. The highest BCUT2D eigenvalue weighted by atomic mass is 16.1. The van der Waals surface area contributed by atoms with Gasteiger partial charge in [0.15, 0.2) is 0 Å². The molecular weight excluding hydrogens is 128 g/mol. The first-order valence-corrected chi connectivity index (χ1v) is 3.72. The summed E-state index contributed by atoms with van der Waals surface area (Å²) in [5, 5.41) is 0. The fourth-order valence-corrected chi connectivity index (χ4v) is 0.769. The number of nitrogens with two attached hydrogens (primary N) is 2. The maximum Gasteiger partial charge on any atom is 0.136 e. The fraction of sp³-hybridized carbons (Fsp3) is 0.857. The normalized spacial score (nSPS) is 13.0. The van der Waals surface area contributed by atoms with E-state index in [9.17, 15) is 4.79 Å². The van der Waals surface area contributed by atoms with Crippen LogP contribution in [-0.2, 0) is 4.79 Å². The van der Waals surface area contributed by atoms with Crippen molar-refractivity contribution in [3.05, 3.63) is 0 Å². The summed E-state index contributed by atoms with van der Waals surface area (Å²) in [5.41, 5.74) is 10.6. The Balaban J connectivity index is 2.95. The predicted molar refractivity (Wildman–Crippen MR) is 41.6 cm³/mol. The average Bonchev–Trinajstić information content (AvgIpc) is 1.98. The van der Waals surface area contributed by atoms with Gasteiger partial charge in [-0.05, 0) is 19.4 Å². The molecule has 3 nitrogen and oxygen atoms in total. The number of unbranched alkanes of at least 4 members (excludes halogenated alkanes) is 2. The van der Waals surface area contributed by atoms with Crippen molar-refractivity contribution in [2.45, 2.75) is 31.7 Å². The fourth-order valence-electron chi connectivity index (χ4n) is 0.769. The number of carbonyl (C=O) groups excluding carboxylic acids is 1. The van der Waals surface area contributed by atoms with Crippen molar-refractivity contribution in [2.24, 2.45) is 11.5 Å². The van der Waals surface area contributed by atoms with Gasteiger partial charge in [-0.3, -0.25) is 0 Å². The second-order valence-corrected chi connectivity index (χ2v) is 2.44. The summed E-state index contributed by atoms with van der Waals surface area (Å²) in [6.45, 7) is 0.732. The number of rotatable bonds is 6. The molecule has 0 saturated heterocycles. The van der Waals surface area contributed by atoms with Gasteiger partial charge in [0.25, 0.3) is 0 Å². The van der Waals surface area contributed by atoms with Crippen LogP contribution in [-0.4, -0.2) is 18.9 Å². The first-order valence-electron chi connectivity index (χ1n) is 3.72. The van der Waals surface area contributed by atoms with Gasteiger partial charge >= 0.3 is 0 Å². The molecule has 0 heterocycles. The quantitative estimate of drug-likeness (QED) is 0.408. The smallest absolute Gasteiger partial charge is 0.136 e. The van der Waals surface area contributed by atoms with E-state index in [-0.39, 0.29) is 6.04 Å². The Kier molecular flexibility index (Phi) is 6.43. The van der Waals surface area contributed by atoms with E-state index in [0.717, 1.165) is 38.5 Å². The zero-order chi connectivity index (χ0) is 7.82. The molecule has 0 aliphatic rings. The van der Waals surface area contributed by atoms with Crippen molar-refractivity contribution in [2.75, 3.05) is 6.54 Å². The van der Waals surface area contributed by atoms with Gasteiger partial charge in [-0.2, -0.15) is 0 Å². The molecule has 4 N–H and O–H groups in total. The van der Waals surface area contributed by atoms with E-state index in [2.05, 4.69) is 0 Å². The van der Waals surface area contributed by atoms with Crippen molar-refractivity contribution in [3.63, 3.8) is 0 Å². The van der Waals surface area contributed by atoms with Crippen LogP contribution in [0.25, 0.3) is 0 Å². The lowest BCUT2D eigenvalue weighted by Gasteiger charge is -2.01. The van der Waals surface area contributed by atoms with E-state index in [1.807, 2.05) is 0 Å². The predicted octanol–water partition coefficient (Wildman–Crippen LogP) is 0.0317. The van der Waals surface area contributed by atoms with Crippen molar-refractivity contribution in [1.82, 2.24) is 0 Å². The highest BCUT2D eigenvalue weighted by molar-refractivity contribution is 5.56. The highest BCUT2D eigenvalue weighted by Crippen LogP contribution is 1.99. The Hall–Kier alpha value is -0.410. The van der Waals surface area contributed by atoms with Crippen LogP contribution in [0.3, 0.4) is 0 Å². The van der Waals surface area contributed by atoms with Crippen LogP contribution in [0.4, 0.5) is 0 Å². The Bertz CT molecular complexity index is 85.7. The average molecular weight is 144 g/mol.